The van der Waals surface area contributed by atoms with Crippen LogP contribution in [0.25, 0.3) is 0 Å². The van der Waals surface area contributed by atoms with Gasteiger partial charge in [0.2, 0.25) is 17.7 Å². The number of rotatable bonds is 10. The molecule has 0 fully saturated rings. The third-order valence-electron chi connectivity index (χ3n) is 5.20. The summed E-state index contributed by atoms with van der Waals surface area (Å²) >= 11 is 0. The SMILES string of the molecule is CC(NC(=O)OCc1ccccc1)NC(=O)C(C)(C)C(=O)NC(C)NC(=O)C(C)(C)C(=O)OC(C)(C)C. The van der Waals surface area contributed by atoms with Crippen molar-refractivity contribution in [2.75, 3.05) is 0 Å². The Kier molecular flexibility index (Phi) is 10.7. The normalized spacial score (nSPS) is 13.4. The van der Waals surface area contributed by atoms with E-state index in [0.717, 1.165) is 5.56 Å². The molecule has 2 unspecified atom stereocenters. The molecule has 37 heavy (non-hydrogen) atoms. The zero-order valence-electron chi connectivity index (χ0n) is 23.1. The van der Waals surface area contributed by atoms with Crippen LogP contribution in [0.1, 0.15) is 67.9 Å². The maximum absolute atomic E-state index is 12.8. The first-order valence-electron chi connectivity index (χ1n) is 12.0. The number of ether oxygens (including phenoxy) is 2. The lowest BCUT2D eigenvalue weighted by molar-refractivity contribution is -0.169. The molecule has 0 aliphatic heterocycles. The predicted octanol–water partition coefficient (Wildman–Crippen LogP) is 2.35. The van der Waals surface area contributed by atoms with Crippen LogP contribution < -0.4 is 21.3 Å². The summed E-state index contributed by atoms with van der Waals surface area (Å²) in [5.74, 6) is -2.69. The molecule has 4 amide bonds. The van der Waals surface area contributed by atoms with Gasteiger partial charge in [0.15, 0.2) is 0 Å². The molecule has 0 radical (unpaired) electrons. The van der Waals surface area contributed by atoms with E-state index in [1.54, 1.807) is 20.8 Å². The van der Waals surface area contributed by atoms with Crippen LogP contribution >= 0.6 is 0 Å². The average Bonchev–Trinajstić information content (AvgIpc) is 2.76. The molecule has 1 aromatic carbocycles. The molecule has 0 bridgehead atoms. The molecule has 0 spiro atoms. The summed E-state index contributed by atoms with van der Waals surface area (Å²) in [6, 6.07) is 9.10. The number of esters is 1. The van der Waals surface area contributed by atoms with E-state index in [0.29, 0.717) is 0 Å². The summed E-state index contributed by atoms with van der Waals surface area (Å²) in [5.41, 5.74) is -3.02. The lowest BCUT2D eigenvalue weighted by atomic mass is 9.90. The van der Waals surface area contributed by atoms with E-state index in [-0.39, 0.29) is 6.61 Å². The number of hydrogen-bond donors (Lipinski definition) is 4. The maximum Gasteiger partial charge on any atom is 0.409 e. The number of benzene rings is 1. The fraction of sp³-hybridized carbons (Fsp3) is 0.577. The van der Waals surface area contributed by atoms with Crippen LogP contribution in [0.15, 0.2) is 30.3 Å². The summed E-state index contributed by atoms with van der Waals surface area (Å²) in [7, 11) is 0. The predicted molar refractivity (Wildman–Crippen MR) is 137 cm³/mol. The molecule has 0 aromatic heterocycles. The van der Waals surface area contributed by atoms with Crippen molar-refractivity contribution in [3.05, 3.63) is 35.9 Å². The quantitative estimate of drug-likeness (QED) is 0.210. The van der Waals surface area contributed by atoms with Crippen molar-refractivity contribution in [2.45, 2.75) is 86.9 Å². The van der Waals surface area contributed by atoms with Crippen LogP contribution in [0.5, 0.6) is 0 Å². The number of alkyl carbamates (subject to hydrolysis) is 1. The Morgan fingerprint density at radius 2 is 1.14 bits per heavy atom. The molecule has 0 heterocycles. The third-order valence-corrected chi connectivity index (χ3v) is 5.20. The van der Waals surface area contributed by atoms with E-state index >= 15 is 0 Å². The molecule has 1 aromatic rings. The van der Waals surface area contributed by atoms with Crippen molar-refractivity contribution < 1.29 is 33.4 Å². The second-order valence-corrected chi connectivity index (χ2v) is 10.8. The van der Waals surface area contributed by atoms with Crippen molar-refractivity contribution in [2.24, 2.45) is 10.8 Å². The van der Waals surface area contributed by atoms with Gasteiger partial charge in [0.1, 0.15) is 29.2 Å². The number of amides is 4. The molecule has 4 N–H and O–H groups in total. The first-order chi connectivity index (χ1) is 16.9. The lowest BCUT2D eigenvalue weighted by Gasteiger charge is -2.30. The van der Waals surface area contributed by atoms with Gasteiger partial charge in [-0.15, -0.1) is 0 Å². The van der Waals surface area contributed by atoms with Gasteiger partial charge in [-0.3, -0.25) is 19.2 Å². The highest BCUT2D eigenvalue weighted by Crippen LogP contribution is 2.22. The van der Waals surface area contributed by atoms with Crippen LogP contribution in [0.3, 0.4) is 0 Å². The van der Waals surface area contributed by atoms with Gasteiger partial charge in [0.05, 0.1) is 6.17 Å². The minimum Gasteiger partial charge on any atom is -0.459 e. The minimum atomic E-state index is -1.55. The highest BCUT2D eigenvalue weighted by atomic mass is 16.6. The van der Waals surface area contributed by atoms with Crippen molar-refractivity contribution in [1.29, 1.82) is 0 Å². The van der Waals surface area contributed by atoms with Crippen LogP contribution in [-0.4, -0.2) is 47.7 Å². The fourth-order valence-corrected chi connectivity index (χ4v) is 2.75. The maximum atomic E-state index is 12.8. The Labute approximate surface area is 218 Å². The Hall–Kier alpha value is -3.63. The summed E-state index contributed by atoms with van der Waals surface area (Å²) in [5, 5.41) is 10.1. The average molecular weight is 521 g/mol. The van der Waals surface area contributed by atoms with E-state index in [1.165, 1.54) is 41.5 Å². The molecule has 0 aliphatic rings. The lowest BCUT2D eigenvalue weighted by Crippen LogP contribution is -2.58. The second-order valence-electron chi connectivity index (χ2n) is 10.8. The Balaban J connectivity index is 2.61. The van der Waals surface area contributed by atoms with Crippen molar-refractivity contribution in [3.63, 3.8) is 0 Å². The van der Waals surface area contributed by atoms with Crippen molar-refractivity contribution in [1.82, 2.24) is 21.3 Å². The Bertz CT molecular complexity index is 984. The van der Waals surface area contributed by atoms with Crippen molar-refractivity contribution >= 4 is 29.8 Å². The molecular weight excluding hydrogens is 480 g/mol. The van der Waals surface area contributed by atoms with Gasteiger partial charge >= 0.3 is 12.1 Å². The summed E-state index contributed by atoms with van der Waals surface area (Å²) < 4.78 is 10.4. The summed E-state index contributed by atoms with van der Waals surface area (Å²) in [6.45, 7) is 13.8. The molecule has 11 nitrogen and oxygen atoms in total. The van der Waals surface area contributed by atoms with E-state index < -0.39 is 58.5 Å². The van der Waals surface area contributed by atoms with Crippen LogP contribution in [-0.2, 0) is 35.3 Å². The van der Waals surface area contributed by atoms with Gasteiger partial charge < -0.3 is 30.7 Å². The zero-order chi connectivity index (χ0) is 28.6. The standard InChI is InChI=1S/C26H40N4O7/c1-16(28-21(33)26(8,9)22(34)37-24(3,4)5)27-19(31)25(6,7)20(32)29-17(2)30-23(35)36-15-18-13-11-10-12-14-18/h10-14,16-17H,15H2,1-9H3,(H,27,31)(H,28,33)(H,29,32)(H,30,35). The van der Waals surface area contributed by atoms with E-state index in [2.05, 4.69) is 21.3 Å². The number of hydrogen-bond acceptors (Lipinski definition) is 7. The molecular formula is C26H40N4O7. The highest BCUT2D eigenvalue weighted by molar-refractivity contribution is 6.05. The highest BCUT2D eigenvalue weighted by Gasteiger charge is 2.41. The van der Waals surface area contributed by atoms with E-state index in [4.69, 9.17) is 9.47 Å². The number of carbonyl (C=O) groups excluding carboxylic acids is 5. The molecule has 0 aliphatic carbocycles. The molecule has 1 rings (SSSR count). The van der Waals surface area contributed by atoms with Gasteiger partial charge in [0.25, 0.3) is 0 Å². The first kappa shape index (κ1) is 31.4. The van der Waals surface area contributed by atoms with Crippen LogP contribution in [0, 0.1) is 10.8 Å². The largest absolute Gasteiger partial charge is 0.459 e. The molecule has 11 heteroatoms. The fourth-order valence-electron chi connectivity index (χ4n) is 2.75. The van der Waals surface area contributed by atoms with E-state index in [9.17, 15) is 24.0 Å². The second kappa shape index (κ2) is 12.6. The zero-order valence-corrected chi connectivity index (χ0v) is 23.1. The van der Waals surface area contributed by atoms with Gasteiger partial charge in [-0.25, -0.2) is 4.79 Å². The summed E-state index contributed by atoms with van der Waals surface area (Å²) in [4.78, 5) is 62.6. The molecule has 206 valence electrons. The topological polar surface area (TPSA) is 152 Å². The van der Waals surface area contributed by atoms with Crippen molar-refractivity contribution in [3.8, 4) is 0 Å². The molecule has 0 saturated heterocycles. The van der Waals surface area contributed by atoms with E-state index in [1.807, 2.05) is 30.3 Å². The first-order valence-corrected chi connectivity index (χ1v) is 12.0. The van der Waals surface area contributed by atoms with Gasteiger partial charge in [0, 0.05) is 0 Å². The monoisotopic (exact) mass is 520 g/mol. The van der Waals surface area contributed by atoms with Crippen LogP contribution in [0.4, 0.5) is 4.79 Å². The Morgan fingerprint density at radius 3 is 1.59 bits per heavy atom. The van der Waals surface area contributed by atoms with Gasteiger partial charge in [-0.1, -0.05) is 30.3 Å². The number of carbonyl (C=O) groups is 5. The number of nitrogens with one attached hydrogen (secondary N) is 4. The summed E-state index contributed by atoms with van der Waals surface area (Å²) in [6.07, 6.45) is -2.45. The van der Waals surface area contributed by atoms with Gasteiger partial charge in [-0.2, -0.15) is 0 Å². The third kappa shape index (κ3) is 10.1. The molecule has 0 saturated carbocycles. The molecule has 2 atom stereocenters. The van der Waals surface area contributed by atoms with Gasteiger partial charge in [-0.05, 0) is 67.9 Å². The smallest absolute Gasteiger partial charge is 0.409 e. The Morgan fingerprint density at radius 1 is 0.703 bits per heavy atom. The van der Waals surface area contributed by atoms with Crippen LogP contribution in [0.2, 0.25) is 0 Å². The minimum absolute atomic E-state index is 0.0651.